The van der Waals surface area contributed by atoms with Crippen molar-refractivity contribution in [2.24, 2.45) is 0 Å². The van der Waals surface area contributed by atoms with Crippen molar-refractivity contribution in [3.63, 3.8) is 0 Å². The Morgan fingerprint density at radius 1 is 1.15 bits per heavy atom. The van der Waals surface area contributed by atoms with Gasteiger partial charge in [0.05, 0.1) is 0 Å². The molecule has 0 aromatic heterocycles. The zero-order chi connectivity index (χ0) is 21.2. The van der Waals surface area contributed by atoms with Crippen LogP contribution in [0.5, 0.6) is 5.75 Å². The van der Waals surface area contributed by atoms with E-state index >= 15 is 0 Å². The van der Waals surface area contributed by atoms with Gasteiger partial charge < -0.3 is 15.3 Å². The van der Waals surface area contributed by atoms with Gasteiger partial charge in [-0.3, -0.25) is 0 Å². The van der Waals surface area contributed by atoms with Crippen molar-refractivity contribution in [1.29, 1.82) is 0 Å². The van der Waals surface area contributed by atoms with E-state index in [1.54, 1.807) is 0 Å². The van der Waals surface area contributed by atoms with Gasteiger partial charge in [-0.05, 0) is 22.2 Å². The average molecular weight is 400 g/mol. The highest BCUT2D eigenvalue weighted by atomic mass is 19.3. The molecule has 0 aliphatic heterocycles. The zero-order valence-corrected chi connectivity index (χ0v) is 13.8. The fraction of sp³-hybridized carbons (Fsp3) is 0.312. The van der Waals surface area contributed by atoms with E-state index in [9.17, 15) is 31.6 Å². The predicted octanol–water partition coefficient (Wildman–Crippen LogP) is 5.19. The number of phenols is 1. The van der Waals surface area contributed by atoms with Gasteiger partial charge in [-0.25, -0.2) is 22.4 Å². The molecule has 5 nitrogen and oxygen atoms in total. The van der Waals surface area contributed by atoms with Gasteiger partial charge in [-0.2, -0.15) is 4.39 Å². The molecule has 0 amide bonds. The van der Waals surface area contributed by atoms with E-state index in [0.29, 0.717) is 0 Å². The van der Waals surface area contributed by atoms with Gasteiger partial charge in [0.15, 0.2) is 5.83 Å². The Morgan fingerprint density at radius 3 is 2.00 bits per heavy atom. The molecule has 1 aliphatic rings. The molecule has 3 N–H and O–H groups in total. The van der Waals surface area contributed by atoms with E-state index in [4.69, 9.17) is 15.0 Å². The second-order valence-electron chi connectivity index (χ2n) is 5.89. The number of hydrogen-bond donors (Lipinski definition) is 3. The minimum absolute atomic E-state index is 0.137. The van der Waals surface area contributed by atoms with Gasteiger partial charge in [0.2, 0.25) is 12.0 Å². The standard InChI is InChI=1S/C15H12F6O2.CH2O3/c1-14(2,7-3-5-8(22)6-4-7)9-10(16)12(18)15(20,23-21)13(19)11(9)17;2-1(3)4/h3-6,12,22H,1-2H3;(H2,2,3,4). The maximum Gasteiger partial charge on any atom is 0.503 e. The summed E-state index contributed by atoms with van der Waals surface area (Å²) in [5.74, 6) is -11.2. The lowest BCUT2D eigenvalue weighted by Crippen LogP contribution is -2.43. The molecule has 1 aromatic carbocycles. The Kier molecular flexibility index (Phi) is 6.54. The van der Waals surface area contributed by atoms with E-state index in [2.05, 4.69) is 4.94 Å². The summed E-state index contributed by atoms with van der Waals surface area (Å²) < 4.78 is 81.5. The summed E-state index contributed by atoms with van der Waals surface area (Å²) in [4.78, 5) is 11.1. The molecular formula is C16H14F6O5. The van der Waals surface area contributed by atoms with Gasteiger partial charge in [0.25, 0.3) is 0 Å². The highest BCUT2D eigenvalue weighted by molar-refractivity contribution is 5.53. The molecule has 2 unspecified atom stereocenters. The lowest BCUT2D eigenvalue weighted by molar-refractivity contribution is -0.302. The van der Waals surface area contributed by atoms with Crippen LogP contribution in [0.3, 0.4) is 0 Å². The number of hydrogen-bond acceptors (Lipinski definition) is 3. The van der Waals surface area contributed by atoms with E-state index in [0.717, 1.165) is 0 Å². The maximum atomic E-state index is 14.1. The Hall–Kier alpha value is -2.69. The van der Waals surface area contributed by atoms with E-state index in [1.165, 1.54) is 38.1 Å². The molecule has 0 saturated carbocycles. The maximum absolute atomic E-state index is 14.1. The number of phenolic OH excluding ortho intramolecular Hbond substituents is 1. The molecule has 11 heteroatoms. The summed E-state index contributed by atoms with van der Waals surface area (Å²) in [5, 5.41) is 23.2. The fourth-order valence-electron chi connectivity index (χ4n) is 2.43. The Labute approximate surface area is 148 Å². The third kappa shape index (κ3) is 4.18. The molecule has 0 fully saturated rings. The summed E-state index contributed by atoms with van der Waals surface area (Å²) in [7, 11) is 0. The van der Waals surface area contributed by atoms with Crippen molar-refractivity contribution < 1.29 is 51.5 Å². The molecular weight excluding hydrogens is 386 g/mol. The quantitative estimate of drug-likeness (QED) is 0.609. The predicted molar refractivity (Wildman–Crippen MR) is 80.1 cm³/mol. The van der Waals surface area contributed by atoms with E-state index in [-0.39, 0.29) is 11.3 Å². The lowest BCUT2D eigenvalue weighted by Gasteiger charge is -2.34. The highest BCUT2D eigenvalue weighted by Gasteiger charge is 2.58. The smallest absolute Gasteiger partial charge is 0.503 e. The normalized spacial score (nSPS) is 23.0. The summed E-state index contributed by atoms with van der Waals surface area (Å²) in [6.07, 6.45) is -5.33. The van der Waals surface area contributed by atoms with Gasteiger partial charge in [-0.1, -0.05) is 26.0 Å². The number of halogens is 6. The Balaban J connectivity index is 0.000000828. The fourth-order valence-corrected chi connectivity index (χ4v) is 2.43. The minimum atomic E-state index is -4.50. The number of rotatable bonds is 3. The molecule has 150 valence electrons. The monoisotopic (exact) mass is 400 g/mol. The van der Waals surface area contributed by atoms with Crippen LogP contribution in [0.25, 0.3) is 0 Å². The molecule has 1 aliphatic carbocycles. The molecule has 0 spiro atoms. The third-order valence-corrected chi connectivity index (χ3v) is 3.83. The van der Waals surface area contributed by atoms with Gasteiger partial charge in [-0.15, -0.1) is 4.94 Å². The number of allylic oxidation sites excluding steroid dienone is 2. The second-order valence-corrected chi connectivity index (χ2v) is 5.89. The summed E-state index contributed by atoms with van der Waals surface area (Å²) >= 11 is 0. The number of carboxylic acid groups (broad SMARTS) is 2. The SMILES string of the molecule is CC(C)(C1=C(F)C(F)C(F)(OF)C(F)=C1F)c1ccc(O)cc1.O=C(O)O. The van der Waals surface area contributed by atoms with Crippen molar-refractivity contribution in [3.05, 3.63) is 52.9 Å². The molecule has 0 radical (unpaired) electrons. The van der Waals surface area contributed by atoms with Crippen molar-refractivity contribution in [2.45, 2.75) is 31.3 Å². The topological polar surface area (TPSA) is 87.0 Å². The van der Waals surface area contributed by atoms with Crippen LogP contribution in [0.4, 0.5) is 31.3 Å². The zero-order valence-electron chi connectivity index (χ0n) is 13.8. The number of alkyl halides is 2. The first-order chi connectivity index (χ1) is 12.3. The molecule has 2 rings (SSSR count). The molecule has 27 heavy (non-hydrogen) atoms. The summed E-state index contributed by atoms with van der Waals surface area (Å²) in [5.41, 5.74) is -2.55. The number of carbonyl (C=O) groups is 1. The van der Waals surface area contributed by atoms with Gasteiger partial charge in [0, 0.05) is 11.0 Å². The molecule has 0 saturated heterocycles. The number of benzene rings is 1. The Morgan fingerprint density at radius 2 is 1.59 bits per heavy atom. The van der Waals surface area contributed by atoms with Crippen molar-refractivity contribution >= 4 is 6.16 Å². The summed E-state index contributed by atoms with van der Waals surface area (Å²) in [6, 6.07) is 4.95. The molecule has 0 heterocycles. The van der Waals surface area contributed by atoms with Crippen LogP contribution in [0.1, 0.15) is 19.4 Å². The molecule has 0 bridgehead atoms. The summed E-state index contributed by atoms with van der Waals surface area (Å²) in [6.45, 7) is 2.46. The molecule has 1 aromatic rings. The van der Waals surface area contributed by atoms with E-state index < -0.39 is 46.7 Å². The van der Waals surface area contributed by atoms with Crippen LogP contribution in [-0.2, 0) is 10.4 Å². The second kappa shape index (κ2) is 7.91. The van der Waals surface area contributed by atoms with Crippen LogP contribution in [0.2, 0.25) is 0 Å². The van der Waals surface area contributed by atoms with Gasteiger partial charge in [0.1, 0.15) is 11.6 Å². The van der Waals surface area contributed by atoms with Crippen LogP contribution in [0.15, 0.2) is 47.3 Å². The first-order valence-electron chi connectivity index (χ1n) is 7.11. The first-order valence-corrected chi connectivity index (χ1v) is 7.11. The average Bonchev–Trinajstić information content (AvgIpc) is 2.58. The molecule has 2 atom stereocenters. The van der Waals surface area contributed by atoms with Crippen LogP contribution >= 0.6 is 0 Å². The third-order valence-electron chi connectivity index (χ3n) is 3.83. The van der Waals surface area contributed by atoms with Crippen LogP contribution < -0.4 is 0 Å². The van der Waals surface area contributed by atoms with E-state index in [1.807, 2.05) is 0 Å². The minimum Gasteiger partial charge on any atom is -0.508 e. The van der Waals surface area contributed by atoms with Crippen molar-refractivity contribution in [2.75, 3.05) is 0 Å². The first kappa shape index (κ1) is 22.4. The van der Waals surface area contributed by atoms with Crippen molar-refractivity contribution in [3.8, 4) is 5.75 Å². The Bertz CT molecular complexity index is 770. The lowest BCUT2D eigenvalue weighted by atomic mass is 9.74. The van der Waals surface area contributed by atoms with Crippen LogP contribution in [0, 0.1) is 0 Å². The number of aromatic hydroxyl groups is 1. The highest BCUT2D eigenvalue weighted by Crippen LogP contribution is 2.50. The van der Waals surface area contributed by atoms with Crippen LogP contribution in [-0.4, -0.2) is 33.5 Å². The van der Waals surface area contributed by atoms with Crippen molar-refractivity contribution in [1.82, 2.24) is 0 Å². The van der Waals surface area contributed by atoms with Gasteiger partial charge >= 0.3 is 12.0 Å². The largest absolute Gasteiger partial charge is 0.508 e.